The van der Waals surface area contributed by atoms with E-state index in [0.717, 1.165) is 35.5 Å². The fourth-order valence-corrected chi connectivity index (χ4v) is 2.28. The van der Waals surface area contributed by atoms with Gasteiger partial charge in [-0.3, -0.25) is 0 Å². The summed E-state index contributed by atoms with van der Waals surface area (Å²) in [7, 11) is 0. The van der Waals surface area contributed by atoms with Crippen LogP contribution in [0.3, 0.4) is 0 Å². The lowest BCUT2D eigenvalue weighted by Gasteiger charge is -2.06. The summed E-state index contributed by atoms with van der Waals surface area (Å²) in [5.41, 5.74) is 7.10. The Bertz CT molecular complexity index is 754. The summed E-state index contributed by atoms with van der Waals surface area (Å²) < 4.78 is 1.75. The van der Waals surface area contributed by atoms with Crippen LogP contribution in [0.25, 0.3) is 16.7 Å². The molecule has 6 nitrogen and oxygen atoms in total. The molecular formula is C14H15ClN6. The lowest BCUT2D eigenvalue weighted by Crippen LogP contribution is -2.09. The Morgan fingerprint density at radius 1 is 1.29 bits per heavy atom. The Labute approximate surface area is 127 Å². The Morgan fingerprint density at radius 3 is 3.00 bits per heavy atom. The summed E-state index contributed by atoms with van der Waals surface area (Å²) in [5.74, 6) is 0.765. The Hall–Kier alpha value is -2.18. The first-order chi connectivity index (χ1) is 10.3. The zero-order valence-corrected chi connectivity index (χ0v) is 12.1. The predicted molar refractivity (Wildman–Crippen MR) is 83.8 cm³/mol. The van der Waals surface area contributed by atoms with Crippen molar-refractivity contribution >= 4 is 28.5 Å². The molecule has 21 heavy (non-hydrogen) atoms. The van der Waals surface area contributed by atoms with Gasteiger partial charge >= 0.3 is 0 Å². The third kappa shape index (κ3) is 2.81. The highest BCUT2D eigenvalue weighted by molar-refractivity contribution is 6.30. The molecule has 0 aliphatic rings. The SMILES string of the molecule is NCCCNc1ncnc2c1cnn2-c1cccc(Cl)c1. The van der Waals surface area contributed by atoms with Gasteiger partial charge in [0.1, 0.15) is 12.1 Å². The molecule has 0 bridgehead atoms. The van der Waals surface area contributed by atoms with Crippen molar-refractivity contribution in [2.75, 3.05) is 18.4 Å². The van der Waals surface area contributed by atoms with Gasteiger partial charge in [-0.05, 0) is 31.2 Å². The maximum Gasteiger partial charge on any atom is 0.168 e. The van der Waals surface area contributed by atoms with Gasteiger partial charge in [-0.15, -0.1) is 0 Å². The second-order valence-corrected chi connectivity index (χ2v) is 5.00. The van der Waals surface area contributed by atoms with Gasteiger partial charge in [0.05, 0.1) is 17.3 Å². The molecule has 0 saturated heterocycles. The van der Waals surface area contributed by atoms with Crippen LogP contribution in [0.15, 0.2) is 36.8 Å². The zero-order chi connectivity index (χ0) is 14.7. The van der Waals surface area contributed by atoms with E-state index in [1.165, 1.54) is 6.33 Å². The Kier molecular flexibility index (Phi) is 3.98. The molecule has 1 aromatic carbocycles. The summed E-state index contributed by atoms with van der Waals surface area (Å²) in [6, 6.07) is 7.48. The molecule has 0 fully saturated rings. The van der Waals surface area contributed by atoms with Crippen LogP contribution in [0.2, 0.25) is 5.02 Å². The molecule has 108 valence electrons. The highest BCUT2D eigenvalue weighted by Crippen LogP contribution is 2.22. The molecule has 2 aromatic heterocycles. The number of nitrogens with zero attached hydrogens (tertiary/aromatic N) is 4. The van der Waals surface area contributed by atoms with Crippen molar-refractivity contribution in [3.8, 4) is 5.69 Å². The van der Waals surface area contributed by atoms with E-state index < -0.39 is 0 Å². The molecular weight excluding hydrogens is 288 g/mol. The molecule has 0 saturated carbocycles. The minimum atomic E-state index is 0.642. The van der Waals surface area contributed by atoms with E-state index in [9.17, 15) is 0 Å². The zero-order valence-electron chi connectivity index (χ0n) is 11.3. The molecule has 0 radical (unpaired) electrons. The minimum Gasteiger partial charge on any atom is -0.369 e. The molecule has 0 spiro atoms. The number of halogens is 1. The number of rotatable bonds is 5. The lowest BCUT2D eigenvalue weighted by atomic mass is 10.3. The number of anilines is 1. The van der Waals surface area contributed by atoms with E-state index >= 15 is 0 Å². The summed E-state index contributed by atoms with van der Waals surface area (Å²) in [5, 5.41) is 9.17. The van der Waals surface area contributed by atoms with Crippen molar-refractivity contribution in [1.82, 2.24) is 19.7 Å². The van der Waals surface area contributed by atoms with Crippen LogP contribution in [0, 0.1) is 0 Å². The molecule has 0 atom stereocenters. The van der Waals surface area contributed by atoms with E-state index in [4.69, 9.17) is 17.3 Å². The maximum absolute atomic E-state index is 6.03. The number of benzene rings is 1. The van der Waals surface area contributed by atoms with E-state index in [2.05, 4.69) is 20.4 Å². The van der Waals surface area contributed by atoms with Crippen LogP contribution in [0.1, 0.15) is 6.42 Å². The monoisotopic (exact) mass is 302 g/mol. The molecule has 3 aromatic rings. The second-order valence-electron chi connectivity index (χ2n) is 4.56. The van der Waals surface area contributed by atoms with Crippen molar-refractivity contribution < 1.29 is 0 Å². The second kappa shape index (κ2) is 6.07. The number of hydrogen-bond donors (Lipinski definition) is 2. The summed E-state index contributed by atoms with van der Waals surface area (Å²) in [6.07, 6.45) is 4.16. The van der Waals surface area contributed by atoms with Crippen molar-refractivity contribution in [3.63, 3.8) is 0 Å². The smallest absolute Gasteiger partial charge is 0.168 e. The van der Waals surface area contributed by atoms with E-state index in [1.807, 2.05) is 24.3 Å². The fraction of sp³-hybridized carbons (Fsp3) is 0.214. The van der Waals surface area contributed by atoms with Crippen LogP contribution >= 0.6 is 11.6 Å². The molecule has 0 aliphatic carbocycles. The molecule has 2 heterocycles. The number of nitrogens with one attached hydrogen (secondary N) is 1. The van der Waals surface area contributed by atoms with Crippen LogP contribution in [-0.2, 0) is 0 Å². The highest BCUT2D eigenvalue weighted by Gasteiger charge is 2.10. The molecule has 0 unspecified atom stereocenters. The number of nitrogens with two attached hydrogens (primary N) is 1. The molecule has 3 N–H and O–H groups in total. The van der Waals surface area contributed by atoms with Crippen molar-refractivity contribution in [3.05, 3.63) is 41.8 Å². The van der Waals surface area contributed by atoms with Gasteiger partial charge in [0.2, 0.25) is 0 Å². The molecule has 0 aliphatic heterocycles. The summed E-state index contributed by atoms with van der Waals surface area (Å²) in [6.45, 7) is 1.41. The van der Waals surface area contributed by atoms with Crippen molar-refractivity contribution in [2.45, 2.75) is 6.42 Å². The molecule has 0 amide bonds. The van der Waals surface area contributed by atoms with Gasteiger partial charge in [-0.2, -0.15) is 5.10 Å². The summed E-state index contributed by atoms with van der Waals surface area (Å²) in [4.78, 5) is 8.58. The van der Waals surface area contributed by atoms with Crippen molar-refractivity contribution in [2.24, 2.45) is 5.73 Å². The number of hydrogen-bond acceptors (Lipinski definition) is 5. The van der Waals surface area contributed by atoms with Crippen molar-refractivity contribution in [1.29, 1.82) is 0 Å². The van der Waals surface area contributed by atoms with Gasteiger partial charge in [-0.25, -0.2) is 14.6 Å². The van der Waals surface area contributed by atoms with Gasteiger partial charge in [0, 0.05) is 11.6 Å². The van der Waals surface area contributed by atoms with E-state index in [-0.39, 0.29) is 0 Å². The van der Waals surface area contributed by atoms with Crippen LogP contribution in [-0.4, -0.2) is 32.8 Å². The first-order valence-electron chi connectivity index (χ1n) is 6.68. The molecule has 7 heteroatoms. The average Bonchev–Trinajstić information content (AvgIpc) is 2.92. The number of aromatic nitrogens is 4. The Morgan fingerprint density at radius 2 is 2.19 bits per heavy atom. The first-order valence-corrected chi connectivity index (χ1v) is 7.06. The number of fused-ring (bicyclic) bond motifs is 1. The van der Waals surface area contributed by atoms with Gasteiger partial charge < -0.3 is 11.1 Å². The quantitative estimate of drug-likeness (QED) is 0.706. The minimum absolute atomic E-state index is 0.642. The van der Waals surface area contributed by atoms with Crippen LogP contribution < -0.4 is 11.1 Å². The molecule has 3 rings (SSSR count). The fourth-order valence-electron chi connectivity index (χ4n) is 2.09. The predicted octanol–water partition coefficient (Wildman–Crippen LogP) is 2.23. The van der Waals surface area contributed by atoms with E-state index in [0.29, 0.717) is 11.6 Å². The van der Waals surface area contributed by atoms with Crippen LogP contribution in [0.5, 0.6) is 0 Å². The first kappa shape index (κ1) is 13.8. The third-order valence-electron chi connectivity index (χ3n) is 3.09. The van der Waals surface area contributed by atoms with Crippen LogP contribution in [0.4, 0.5) is 5.82 Å². The van der Waals surface area contributed by atoms with Gasteiger partial charge in [0.25, 0.3) is 0 Å². The van der Waals surface area contributed by atoms with Gasteiger partial charge in [-0.1, -0.05) is 17.7 Å². The van der Waals surface area contributed by atoms with E-state index in [1.54, 1.807) is 10.9 Å². The Balaban J connectivity index is 2.01. The summed E-state index contributed by atoms with van der Waals surface area (Å²) >= 11 is 6.03. The maximum atomic E-state index is 6.03. The normalized spacial score (nSPS) is 11.0. The topological polar surface area (TPSA) is 81.7 Å². The largest absolute Gasteiger partial charge is 0.369 e. The highest BCUT2D eigenvalue weighted by atomic mass is 35.5. The lowest BCUT2D eigenvalue weighted by molar-refractivity contribution is 0.870. The van der Waals surface area contributed by atoms with Gasteiger partial charge in [0.15, 0.2) is 5.65 Å². The third-order valence-corrected chi connectivity index (χ3v) is 3.33. The standard InChI is InChI=1S/C14H15ClN6/c15-10-3-1-4-11(7-10)21-14-12(8-20-21)13(18-9-19-14)17-6-2-5-16/h1,3-4,7-9H,2,5-6,16H2,(H,17,18,19). The average molecular weight is 303 g/mol.